The van der Waals surface area contributed by atoms with Gasteiger partial charge < -0.3 is 11.1 Å². The predicted octanol–water partition coefficient (Wildman–Crippen LogP) is 5.72. The number of amides is 1. The Hall–Kier alpha value is -1.84. The van der Waals surface area contributed by atoms with Crippen LogP contribution in [0.15, 0.2) is 23.2 Å². The van der Waals surface area contributed by atoms with Gasteiger partial charge >= 0.3 is 0 Å². The summed E-state index contributed by atoms with van der Waals surface area (Å²) in [4.78, 5) is 16.6. The van der Waals surface area contributed by atoms with Gasteiger partial charge in [-0.3, -0.25) is 4.79 Å². The van der Waals surface area contributed by atoms with E-state index in [4.69, 9.17) is 5.73 Å². The highest BCUT2D eigenvalue weighted by Gasteiger charge is 2.06. The molecule has 3 N–H and O–H groups in total. The molecule has 140 valence electrons. The molecule has 0 aromatic heterocycles. The van der Waals surface area contributed by atoms with Crippen molar-refractivity contribution in [2.24, 2.45) is 16.6 Å². The molecule has 1 aromatic rings. The first-order valence-corrected chi connectivity index (χ1v) is 9.68. The Morgan fingerprint density at radius 2 is 1.76 bits per heavy atom. The van der Waals surface area contributed by atoms with Gasteiger partial charge in [0.05, 0.1) is 5.69 Å². The standard InChI is InChI=1S/C21H35N3O/c1-5-6-7-8-9-10-11-12-20(25)23-18-14-13-17(4)19(15-18)24-21(22)16(2)3/h13-16H,5-12H2,1-4H3,(H2,22,24)(H,23,25). The maximum Gasteiger partial charge on any atom is 0.224 e. The van der Waals surface area contributed by atoms with E-state index in [1.807, 2.05) is 39.0 Å². The number of aliphatic imine (C=N–C) groups is 1. The summed E-state index contributed by atoms with van der Waals surface area (Å²) in [6.07, 6.45) is 9.08. The Bertz CT molecular complexity index is 564. The van der Waals surface area contributed by atoms with Crippen LogP contribution >= 0.6 is 0 Å². The summed E-state index contributed by atoms with van der Waals surface area (Å²) in [5.74, 6) is 0.883. The van der Waals surface area contributed by atoms with E-state index in [-0.39, 0.29) is 11.8 Å². The van der Waals surface area contributed by atoms with Gasteiger partial charge in [0.15, 0.2) is 0 Å². The van der Waals surface area contributed by atoms with Crippen molar-refractivity contribution in [3.63, 3.8) is 0 Å². The highest BCUT2D eigenvalue weighted by Crippen LogP contribution is 2.24. The normalized spacial score (nSPS) is 11.8. The third-order valence-electron chi connectivity index (χ3n) is 4.34. The van der Waals surface area contributed by atoms with Crippen molar-refractivity contribution in [3.05, 3.63) is 23.8 Å². The van der Waals surface area contributed by atoms with E-state index in [1.165, 1.54) is 32.1 Å². The summed E-state index contributed by atoms with van der Waals surface area (Å²) >= 11 is 0. The zero-order valence-corrected chi connectivity index (χ0v) is 16.4. The molecule has 4 heteroatoms. The van der Waals surface area contributed by atoms with E-state index in [1.54, 1.807) is 0 Å². The van der Waals surface area contributed by atoms with Gasteiger partial charge in [-0.1, -0.05) is 65.4 Å². The summed E-state index contributed by atoms with van der Waals surface area (Å²) in [6.45, 7) is 8.25. The van der Waals surface area contributed by atoms with E-state index in [2.05, 4.69) is 17.2 Å². The summed E-state index contributed by atoms with van der Waals surface area (Å²) < 4.78 is 0. The summed E-state index contributed by atoms with van der Waals surface area (Å²) in [6, 6.07) is 5.78. The third kappa shape index (κ3) is 8.71. The Morgan fingerprint density at radius 3 is 2.40 bits per heavy atom. The molecule has 0 radical (unpaired) electrons. The van der Waals surface area contributed by atoms with Crippen molar-refractivity contribution in [2.45, 2.75) is 79.1 Å². The first kappa shape index (κ1) is 21.2. The minimum Gasteiger partial charge on any atom is -0.387 e. The van der Waals surface area contributed by atoms with Crippen LogP contribution in [0.5, 0.6) is 0 Å². The minimum atomic E-state index is 0.0733. The van der Waals surface area contributed by atoms with Gasteiger partial charge in [0.1, 0.15) is 5.84 Å². The summed E-state index contributed by atoms with van der Waals surface area (Å²) in [5.41, 5.74) is 8.61. The Balaban J connectivity index is 2.46. The number of amidine groups is 1. The fourth-order valence-corrected chi connectivity index (χ4v) is 2.54. The second-order valence-electron chi connectivity index (χ2n) is 7.11. The fraction of sp³-hybridized carbons (Fsp3) is 0.619. The van der Waals surface area contributed by atoms with Crippen LogP contribution in [0.3, 0.4) is 0 Å². The smallest absolute Gasteiger partial charge is 0.224 e. The quantitative estimate of drug-likeness (QED) is 0.306. The molecule has 0 atom stereocenters. The average molecular weight is 346 g/mol. The minimum absolute atomic E-state index is 0.0733. The lowest BCUT2D eigenvalue weighted by atomic mass is 10.1. The summed E-state index contributed by atoms with van der Waals surface area (Å²) in [5, 5.41) is 2.97. The SMILES string of the molecule is CCCCCCCCCC(=O)Nc1ccc(C)c(N=C(N)C(C)C)c1. The van der Waals surface area contributed by atoms with Gasteiger partial charge in [0.2, 0.25) is 5.91 Å². The van der Waals surface area contributed by atoms with Crippen molar-refractivity contribution in [1.82, 2.24) is 0 Å². The topological polar surface area (TPSA) is 67.5 Å². The molecule has 0 aliphatic heterocycles. The Labute approximate surface area is 153 Å². The number of carbonyl (C=O) groups excluding carboxylic acids is 1. The lowest BCUT2D eigenvalue weighted by molar-refractivity contribution is -0.116. The van der Waals surface area contributed by atoms with Gasteiger partial charge in [0, 0.05) is 18.0 Å². The van der Waals surface area contributed by atoms with Gasteiger partial charge in [0.25, 0.3) is 0 Å². The van der Waals surface area contributed by atoms with Crippen LogP contribution in [0.4, 0.5) is 11.4 Å². The number of nitrogens with zero attached hydrogens (tertiary/aromatic N) is 1. The van der Waals surface area contributed by atoms with Crippen LogP contribution in [0, 0.1) is 12.8 Å². The van der Waals surface area contributed by atoms with Crippen LogP contribution < -0.4 is 11.1 Å². The lowest BCUT2D eigenvalue weighted by Gasteiger charge is -2.10. The Kier molecular flexibility index (Phi) is 9.90. The van der Waals surface area contributed by atoms with E-state index in [0.29, 0.717) is 12.3 Å². The number of carbonyl (C=O) groups is 1. The zero-order valence-electron chi connectivity index (χ0n) is 16.4. The maximum absolute atomic E-state index is 12.1. The molecular weight excluding hydrogens is 310 g/mol. The monoisotopic (exact) mass is 345 g/mol. The molecule has 0 aliphatic carbocycles. The second-order valence-corrected chi connectivity index (χ2v) is 7.11. The number of benzene rings is 1. The van der Waals surface area contributed by atoms with E-state index >= 15 is 0 Å². The molecule has 1 amide bonds. The molecule has 0 spiro atoms. The number of hydrogen-bond donors (Lipinski definition) is 2. The van der Waals surface area contributed by atoms with Crippen molar-refractivity contribution < 1.29 is 4.79 Å². The van der Waals surface area contributed by atoms with Crippen LogP contribution in [0.1, 0.15) is 77.7 Å². The molecule has 0 fully saturated rings. The first-order chi connectivity index (χ1) is 11.9. The number of nitrogens with two attached hydrogens (primary N) is 1. The average Bonchev–Trinajstić information content (AvgIpc) is 2.57. The van der Waals surface area contributed by atoms with E-state index in [0.717, 1.165) is 29.8 Å². The Morgan fingerprint density at radius 1 is 1.12 bits per heavy atom. The van der Waals surface area contributed by atoms with Crippen molar-refractivity contribution in [1.29, 1.82) is 0 Å². The molecular formula is C21H35N3O. The van der Waals surface area contributed by atoms with Crippen LogP contribution in [-0.4, -0.2) is 11.7 Å². The number of rotatable bonds is 11. The highest BCUT2D eigenvalue weighted by molar-refractivity contribution is 5.91. The molecule has 1 aromatic carbocycles. The number of hydrogen-bond acceptors (Lipinski definition) is 2. The molecule has 0 unspecified atom stereocenters. The number of nitrogens with one attached hydrogen (secondary N) is 1. The first-order valence-electron chi connectivity index (χ1n) is 9.68. The van der Waals surface area contributed by atoms with Gasteiger partial charge in [-0.2, -0.15) is 0 Å². The lowest BCUT2D eigenvalue weighted by Crippen LogP contribution is -2.18. The molecule has 0 saturated heterocycles. The van der Waals surface area contributed by atoms with E-state index in [9.17, 15) is 4.79 Å². The number of aryl methyl sites for hydroxylation is 1. The van der Waals surface area contributed by atoms with Gasteiger partial charge in [-0.25, -0.2) is 4.99 Å². The van der Waals surface area contributed by atoms with Crippen molar-refractivity contribution in [3.8, 4) is 0 Å². The molecule has 25 heavy (non-hydrogen) atoms. The summed E-state index contributed by atoms with van der Waals surface area (Å²) in [7, 11) is 0. The third-order valence-corrected chi connectivity index (χ3v) is 4.34. The van der Waals surface area contributed by atoms with E-state index < -0.39 is 0 Å². The largest absolute Gasteiger partial charge is 0.387 e. The van der Waals surface area contributed by atoms with Crippen LogP contribution in [0.2, 0.25) is 0 Å². The van der Waals surface area contributed by atoms with Gasteiger partial charge in [-0.15, -0.1) is 0 Å². The van der Waals surface area contributed by atoms with Crippen molar-refractivity contribution in [2.75, 3.05) is 5.32 Å². The maximum atomic E-state index is 12.1. The van der Waals surface area contributed by atoms with Crippen LogP contribution in [0.25, 0.3) is 0 Å². The fourth-order valence-electron chi connectivity index (χ4n) is 2.54. The molecule has 0 aliphatic rings. The van der Waals surface area contributed by atoms with Crippen LogP contribution in [-0.2, 0) is 4.79 Å². The highest BCUT2D eigenvalue weighted by atomic mass is 16.1. The molecule has 4 nitrogen and oxygen atoms in total. The van der Waals surface area contributed by atoms with Gasteiger partial charge in [-0.05, 0) is 31.0 Å². The predicted molar refractivity (Wildman–Crippen MR) is 109 cm³/mol. The van der Waals surface area contributed by atoms with Crippen molar-refractivity contribution >= 4 is 23.1 Å². The molecule has 0 heterocycles. The molecule has 0 bridgehead atoms. The second kappa shape index (κ2) is 11.7. The zero-order chi connectivity index (χ0) is 18.7. The number of anilines is 1. The molecule has 0 saturated carbocycles. The number of unbranched alkanes of at least 4 members (excludes halogenated alkanes) is 6. The molecule has 1 rings (SSSR count).